The molecule has 0 saturated carbocycles. The van der Waals surface area contributed by atoms with Gasteiger partial charge in [0.05, 0.1) is 11.6 Å². The molecule has 1 heterocycles. The van der Waals surface area contributed by atoms with Gasteiger partial charge in [-0.2, -0.15) is 0 Å². The van der Waals surface area contributed by atoms with Gasteiger partial charge in [0.1, 0.15) is 0 Å². The Morgan fingerprint density at radius 1 is 1.40 bits per heavy atom. The lowest BCUT2D eigenvalue weighted by Gasteiger charge is -2.30. The molecule has 0 radical (unpaired) electrons. The van der Waals surface area contributed by atoms with Crippen LogP contribution in [0.1, 0.15) is 24.5 Å². The molecule has 1 aliphatic rings. The normalized spacial score (nSPS) is 29.9. The standard InChI is InChI=1S/C12H17NO.ClH/c1-9-5-3-4-6-10(9)12(2)11(14)7-8-13-12;/h3-6,11,13-14H,7-8H2,1-2H3;1H. The number of rotatable bonds is 1. The first-order valence-corrected chi connectivity index (χ1v) is 5.14. The third-order valence-electron chi connectivity index (χ3n) is 3.28. The van der Waals surface area contributed by atoms with E-state index in [9.17, 15) is 5.11 Å². The van der Waals surface area contributed by atoms with Crippen molar-refractivity contribution in [3.05, 3.63) is 35.4 Å². The molecule has 15 heavy (non-hydrogen) atoms. The van der Waals surface area contributed by atoms with E-state index in [0.29, 0.717) is 0 Å². The van der Waals surface area contributed by atoms with Gasteiger partial charge in [0.25, 0.3) is 0 Å². The van der Waals surface area contributed by atoms with Crippen molar-refractivity contribution in [2.24, 2.45) is 0 Å². The summed E-state index contributed by atoms with van der Waals surface area (Å²) in [4.78, 5) is 0. The van der Waals surface area contributed by atoms with Gasteiger partial charge in [0.2, 0.25) is 0 Å². The molecule has 0 aliphatic carbocycles. The molecule has 2 atom stereocenters. The summed E-state index contributed by atoms with van der Waals surface area (Å²) in [5.74, 6) is 0. The highest BCUT2D eigenvalue weighted by Crippen LogP contribution is 2.32. The minimum atomic E-state index is -0.274. The maximum atomic E-state index is 9.96. The predicted molar refractivity (Wildman–Crippen MR) is 64.4 cm³/mol. The van der Waals surface area contributed by atoms with Crippen LogP contribution >= 0.6 is 12.4 Å². The van der Waals surface area contributed by atoms with E-state index >= 15 is 0 Å². The highest BCUT2D eigenvalue weighted by molar-refractivity contribution is 5.85. The lowest BCUT2D eigenvalue weighted by atomic mass is 9.85. The predicted octanol–water partition coefficient (Wildman–Crippen LogP) is 1.99. The van der Waals surface area contributed by atoms with Crippen molar-refractivity contribution in [2.45, 2.75) is 31.9 Å². The van der Waals surface area contributed by atoms with E-state index in [1.807, 2.05) is 12.1 Å². The first kappa shape index (κ1) is 12.5. The minimum absolute atomic E-state index is 0. The minimum Gasteiger partial charge on any atom is -0.391 e. The molecule has 1 fully saturated rings. The van der Waals surface area contributed by atoms with Crippen molar-refractivity contribution >= 4 is 12.4 Å². The summed E-state index contributed by atoms with van der Waals surface area (Å²) in [7, 11) is 0. The number of nitrogens with one attached hydrogen (secondary N) is 1. The monoisotopic (exact) mass is 227 g/mol. The Hall–Kier alpha value is -0.570. The fraction of sp³-hybridized carbons (Fsp3) is 0.500. The molecule has 84 valence electrons. The summed E-state index contributed by atoms with van der Waals surface area (Å²) in [6.45, 7) is 5.06. The smallest absolute Gasteiger partial charge is 0.0773 e. The van der Waals surface area contributed by atoms with Crippen LogP contribution in [0.15, 0.2) is 24.3 Å². The number of aliphatic hydroxyl groups excluding tert-OH is 1. The molecule has 1 saturated heterocycles. The van der Waals surface area contributed by atoms with Crippen LogP contribution in [0.5, 0.6) is 0 Å². The molecule has 1 aromatic rings. The van der Waals surface area contributed by atoms with E-state index in [1.165, 1.54) is 11.1 Å². The summed E-state index contributed by atoms with van der Waals surface area (Å²) < 4.78 is 0. The fourth-order valence-corrected chi connectivity index (χ4v) is 2.31. The summed E-state index contributed by atoms with van der Waals surface area (Å²) in [5, 5.41) is 13.4. The summed E-state index contributed by atoms with van der Waals surface area (Å²) in [6.07, 6.45) is 0.564. The average molecular weight is 228 g/mol. The van der Waals surface area contributed by atoms with Gasteiger partial charge in [-0.3, -0.25) is 0 Å². The van der Waals surface area contributed by atoms with Crippen molar-refractivity contribution in [1.82, 2.24) is 5.32 Å². The maximum absolute atomic E-state index is 9.96. The highest BCUT2D eigenvalue weighted by atomic mass is 35.5. The second kappa shape index (κ2) is 4.52. The van der Waals surface area contributed by atoms with Gasteiger partial charge in [-0.05, 0) is 37.9 Å². The van der Waals surface area contributed by atoms with Gasteiger partial charge in [0.15, 0.2) is 0 Å². The number of benzene rings is 1. The van der Waals surface area contributed by atoms with E-state index < -0.39 is 0 Å². The van der Waals surface area contributed by atoms with Gasteiger partial charge in [-0.1, -0.05) is 24.3 Å². The Morgan fingerprint density at radius 3 is 2.60 bits per heavy atom. The van der Waals surface area contributed by atoms with Crippen molar-refractivity contribution < 1.29 is 5.11 Å². The quantitative estimate of drug-likeness (QED) is 0.769. The zero-order chi connectivity index (χ0) is 10.2. The van der Waals surface area contributed by atoms with Gasteiger partial charge in [-0.15, -0.1) is 12.4 Å². The van der Waals surface area contributed by atoms with Crippen LogP contribution in [0.4, 0.5) is 0 Å². The van der Waals surface area contributed by atoms with E-state index in [0.717, 1.165) is 13.0 Å². The van der Waals surface area contributed by atoms with Crippen LogP contribution in [0.25, 0.3) is 0 Å². The van der Waals surface area contributed by atoms with E-state index in [-0.39, 0.29) is 24.0 Å². The third kappa shape index (κ3) is 2.03. The second-order valence-electron chi connectivity index (χ2n) is 4.25. The molecule has 2 unspecified atom stereocenters. The van der Waals surface area contributed by atoms with Crippen molar-refractivity contribution in [3.63, 3.8) is 0 Å². The molecule has 1 aromatic carbocycles. The molecule has 3 heteroatoms. The number of aliphatic hydroxyl groups is 1. The molecule has 2 N–H and O–H groups in total. The van der Waals surface area contributed by atoms with Crippen LogP contribution in [0, 0.1) is 6.92 Å². The van der Waals surface area contributed by atoms with E-state index in [2.05, 4.69) is 31.3 Å². The van der Waals surface area contributed by atoms with Crippen LogP contribution in [0.2, 0.25) is 0 Å². The Morgan fingerprint density at radius 2 is 2.07 bits per heavy atom. The molecule has 0 spiro atoms. The Labute approximate surface area is 97.1 Å². The van der Waals surface area contributed by atoms with Gasteiger partial charge in [-0.25, -0.2) is 0 Å². The summed E-state index contributed by atoms with van der Waals surface area (Å²) in [5.41, 5.74) is 2.19. The van der Waals surface area contributed by atoms with Gasteiger partial charge >= 0.3 is 0 Å². The van der Waals surface area contributed by atoms with E-state index in [1.54, 1.807) is 0 Å². The van der Waals surface area contributed by atoms with Crippen molar-refractivity contribution in [3.8, 4) is 0 Å². The number of aryl methyl sites for hydroxylation is 1. The van der Waals surface area contributed by atoms with Crippen molar-refractivity contribution in [1.29, 1.82) is 0 Å². The SMILES string of the molecule is Cc1ccccc1C1(C)NCCC1O.Cl. The topological polar surface area (TPSA) is 32.3 Å². The summed E-state index contributed by atoms with van der Waals surface area (Å²) >= 11 is 0. The first-order chi connectivity index (χ1) is 6.64. The molecular formula is C12H18ClNO. The van der Waals surface area contributed by atoms with Crippen LogP contribution in [-0.2, 0) is 5.54 Å². The van der Waals surface area contributed by atoms with Crippen LogP contribution < -0.4 is 5.32 Å². The van der Waals surface area contributed by atoms with Crippen LogP contribution in [0.3, 0.4) is 0 Å². The molecular weight excluding hydrogens is 210 g/mol. The Balaban J connectivity index is 0.00000112. The lowest BCUT2D eigenvalue weighted by molar-refractivity contribution is 0.107. The van der Waals surface area contributed by atoms with E-state index in [4.69, 9.17) is 0 Å². The second-order valence-corrected chi connectivity index (χ2v) is 4.25. The number of halogens is 1. The van der Waals surface area contributed by atoms with Gasteiger partial charge < -0.3 is 10.4 Å². The number of hydrogen-bond acceptors (Lipinski definition) is 2. The molecule has 2 nitrogen and oxygen atoms in total. The highest BCUT2D eigenvalue weighted by Gasteiger charge is 2.39. The number of hydrogen-bond donors (Lipinski definition) is 2. The van der Waals surface area contributed by atoms with Gasteiger partial charge in [0, 0.05) is 0 Å². The van der Waals surface area contributed by atoms with Crippen LogP contribution in [-0.4, -0.2) is 17.8 Å². The molecule has 0 aromatic heterocycles. The average Bonchev–Trinajstić information content (AvgIpc) is 2.49. The fourth-order valence-electron chi connectivity index (χ4n) is 2.31. The first-order valence-electron chi connectivity index (χ1n) is 5.14. The molecule has 0 bridgehead atoms. The molecule has 2 rings (SSSR count). The molecule has 0 amide bonds. The Kier molecular flexibility index (Phi) is 3.77. The lowest BCUT2D eigenvalue weighted by Crippen LogP contribution is -2.42. The Bertz CT molecular complexity index is 342. The zero-order valence-electron chi connectivity index (χ0n) is 9.16. The summed E-state index contributed by atoms with van der Waals surface area (Å²) in [6, 6.07) is 8.24. The molecule has 1 aliphatic heterocycles. The van der Waals surface area contributed by atoms with Crippen molar-refractivity contribution in [2.75, 3.05) is 6.54 Å². The maximum Gasteiger partial charge on any atom is 0.0773 e. The third-order valence-corrected chi connectivity index (χ3v) is 3.28. The largest absolute Gasteiger partial charge is 0.391 e. The zero-order valence-corrected chi connectivity index (χ0v) is 9.97.